The molecule has 7 nitrogen and oxygen atoms in total. The summed E-state index contributed by atoms with van der Waals surface area (Å²) in [6.07, 6.45) is 2.78. The summed E-state index contributed by atoms with van der Waals surface area (Å²) >= 11 is 7.65. The van der Waals surface area contributed by atoms with Crippen molar-refractivity contribution in [3.05, 3.63) is 64.6 Å². The number of thioether (sulfide) groups is 1. The predicted molar refractivity (Wildman–Crippen MR) is 130 cm³/mol. The quantitative estimate of drug-likeness (QED) is 0.320. The molecule has 0 amide bonds. The minimum absolute atomic E-state index is 0.0776. The van der Waals surface area contributed by atoms with E-state index >= 15 is 0 Å². The molecule has 4 rings (SSSR count). The Bertz CT molecular complexity index is 1420. The van der Waals surface area contributed by atoms with Crippen LogP contribution in [0.2, 0.25) is 5.15 Å². The first-order valence-electron chi connectivity index (χ1n) is 9.88. The van der Waals surface area contributed by atoms with Crippen molar-refractivity contribution in [2.24, 2.45) is 0 Å². The molecule has 0 aliphatic rings. The molecular formula is C22H23ClN4O3S2. The largest absolute Gasteiger partial charge is 0.313 e. The lowest BCUT2D eigenvalue weighted by Gasteiger charge is -2.08. The van der Waals surface area contributed by atoms with Gasteiger partial charge in [0.15, 0.2) is 9.84 Å². The number of benzene rings is 2. The van der Waals surface area contributed by atoms with Gasteiger partial charge in [0, 0.05) is 15.5 Å². The number of hydrogen-bond donors (Lipinski definition) is 1. The Labute approximate surface area is 195 Å². The van der Waals surface area contributed by atoms with Crippen LogP contribution in [-0.4, -0.2) is 38.9 Å². The normalized spacial score (nSPS) is 11.7. The number of hydrogen-bond acceptors (Lipinski definition) is 7. The second-order valence-corrected chi connectivity index (χ2v) is 12.0. The highest BCUT2D eigenvalue weighted by Crippen LogP contribution is 2.25. The van der Waals surface area contributed by atoms with E-state index < -0.39 is 15.1 Å². The molecule has 4 aromatic rings. The van der Waals surface area contributed by atoms with E-state index in [4.69, 9.17) is 11.6 Å². The summed E-state index contributed by atoms with van der Waals surface area (Å²) in [7, 11) is -3.30. The first kappa shape index (κ1) is 24.2. The lowest BCUT2D eigenvalue weighted by atomic mass is 10.2. The van der Waals surface area contributed by atoms with Crippen molar-refractivity contribution in [1.29, 1.82) is 0 Å². The summed E-state index contributed by atoms with van der Waals surface area (Å²) in [6.45, 7) is 7.54. The second-order valence-electron chi connectivity index (χ2n) is 7.51. The van der Waals surface area contributed by atoms with Crippen LogP contribution < -0.4 is 5.56 Å². The molecule has 0 fully saturated rings. The predicted octanol–water partition coefficient (Wildman–Crippen LogP) is 4.89. The number of sulfone groups is 1. The van der Waals surface area contributed by atoms with E-state index in [2.05, 4.69) is 33.8 Å². The number of fused-ring (bicyclic) bond motifs is 2. The number of aromatic amines is 1. The third-order valence-corrected chi connectivity index (χ3v) is 7.94. The van der Waals surface area contributed by atoms with E-state index in [9.17, 15) is 13.2 Å². The Morgan fingerprint density at radius 2 is 1.62 bits per heavy atom. The Morgan fingerprint density at radius 1 is 0.938 bits per heavy atom. The fourth-order valence-electron chi connectivity index (χ4n) is 2.85. The van der Waals surface area contributed by atoms with Crippen molar-refractivity contribution in [2.75, 3.05) is 0 Å². The number of rotatable bonds is 4. The molecular weight excluding hydrogens is 468 g/mol. The van der Waals surface area contributed by atoms with E-state index in [1.165, 1.54) is 18.7 Å². The van der Waals surface area contributed by atoms with Gasteiger partial charge in [0.05, 0.1) is 32.9 Å². The van der Waals surface area contributed by atoms with Crippen LogP contribution in [0.3, 0.4) is 0 Å². The maximum Gasteiger partial charge on any atom is 0.258 e. The van der Waals surface area contributed by atoms with Gasteiger partial charge in [0.2, 0.25) is 0 Å². The summed E-state index contributed by atoms with van der Waals surface area (Å²) in [6, 6.07) is 10.5. The van der Waals surface area contributed by atoms with Crippen molar-refractivity contribution in [3.8, 4) is 0 Å². The van der Waals surface area contributed by atoms with Crippen molar-refractivity contribution in [1.82, 2.24) is 19.9 Å². The zero-order valence-electron chi connectivity index (χ0n) is 18.0. The smallest absolute Gasteiger partial charge is 0.258 e. The molecule has 0 bridgehead atoms. The molecule has 2 heterocycles. The molecule has 0 atom stereocenters. The third kappa shape index (κ3) is 5.46. The van der Waals surface area contributed by atoms with Gasteiger partial charge >= 0.3 is 0 Å². The van der Waals surface area contributed by atoms with Crippen LogP contribution in [0.5, 0.6) is 0 Å². The third-order valence-electron chi connectivity index (χ3n) is 4.49. The first-order chi connectivity index (χ1) is 15.1. The van der Waals surface area contributed by atoms with Crippen molar-refractivity contribution in [3.63, 3.8) is 0 Å². The minimum Gasteiger partial charge on any atom is -0.313 e. The Balaban J connectivity index is 0.000000182. The number of halogens is 1. The average molecular weight is 491 g/mol. The van der Waals surface area contributed by atoms with Crippen LogP contribution in [0.25, 0.3) is 21.8 Å². The van der Waals surface area contributed by atoms with Crippen LogP contribution in [0.4, 0.5) is 0 Å². The highest BCUT2D eigenvalue weighted by atomic mass is 35.5. The fraction of sp³-hybridized carbons (Fsp3) is 0.273. The molecule has 0 unspecified atom stereocenters. The molecule has 2 aromatic carbocycles. The monoisotopic (exact) mass is 490 g/mol. The Hall–Kier alpha value is -2.49. The molecule has 0 radical (unpaired) electrons. The number of nitrogens with zero attached hydrogens (tertiary/aromatic N) is 3. The van der Waals surface area contributed by atoms with Gasteiger partial charge in [0.25, 0.3) is 5.56 Å². The standard InChI is InChI=1S/C11H11ClN2O2S.C11H12N2OS/c1-7(2)17(15,16)8-3-4-10-9(5-8)11(12)14-6-13-10;1-7(2)15-8-3-4-10-9(5-8)11(14)13-6-12-10/h3-7H,1-2H3;3-7H,1-2H3,(H,12,13,14). The van der Waals surface area contributed by atoms with Gasteiger partial charge in [-0.05, 0) is 50.2 Å². The molecule has 2 aromatic heterocycles. The summed E-state index contributed by atoms with van der Waals surface area (Å²) in [5, 5.41) is 1.51. The molecule has 0 aliphatic carbocycles. The number of H-pyrrole nitrogens is 1. The molecule has 1 N–H and O–H groups in total. The highest BCUT2D eigenvalue weighted by Gasteiger charge is 2.19. The van der Waals surface area contributed by atoms with E-state index in [0.717, 1.165) is 10.4 Å². The summed E-state index contributed by atoms with van der Waals surface area (Å²) < 4.78 is 24.0. The second kappa shape index (κ2) is 9.97. The molecule has 32 heavy (non-hydrogen) atoms. The van der Waals surface area contributed by atoms with Crippen molar-refractivity contribution >= 4 is 55.0 Å². The van der Waals surface area contributed by atoms with Crippen molar-refractivity contribution < 1.29 is 8.42 Å². The molecule has 10 heteroatoms. The zero-order chi connectivity index (χ0) is 23.5. The minimum atomic E-state index is -3.30. The highest BCUT2D eigenvalue weighted by molar-refractivity contribution is 7.99. The van der Waals surface area contributed by atoms with Crippen LogP contribution >= 0.6 is 23.4 Å². The van der Waals surface area contributed by atoms with E-state index in [1.807, 2.05) is 18.2 Å². The maximum absolute atomic E-state index is 12.0. The van der Waals surface area contributed by atoms with Gasteiger partial charge in [-0.25, -0.2) is 23.4 Å². The van der Waals surface area contributed by atoms with Crippen LogP contribution in [0, 0.1) is 0 Å². The first-order valence-corrected chi connectivity index (χ1v) is 12.7. The van der Waals surface area contributed by atoms with Crippen LogP contribution in [-0.2, 0) is 9.84 Å². The zero-order valence-corrected chi connectivity index (χ0v) is 20.4. The van der Waals surface area contributed by atoms with E-state index in [1.54, 1.807) is 37.7 Å². The number of aromatic nitrogens is 4. The molecule has 0 spiro atoms. The lowest BCUT2D eigenvalue weighted by Crippen LogP contribution is -2.13. The molecule has 0 aliphatic heterocycles. The van der Waals surface area contributed by atoms with Gasteiger partial charge in [-0.2, -0.15) is 0 Å². The van der Waals surface area contributed by atoms with Gasteiger partial charge < -0.3 is 4.98 Å². The van der Waals surface area contributed by atoms with Gasteiger partial charge in [-0.15, -0.1) is 11.8 Å². The lowest BCUT2D eigenvalue weighted by molar-refractivity contribution is 0.587. The SMILES string of the molecule is CC(C)S(=O)(=O)c1ccc2ncnc(Cl)c2c1.CC(C)Sc1ccc2nc[nH]c(=O)c2c1. The Morgan fingerprint density at radius 3 is 2.31 bits per heavy atom. The van der Waals surface area contributed by atoms with Crippen LogP contribution in [0.1, 0.15) is 27.7 Å². The van der Waals surface area contributed by atoms with Gasteiger partial charge in [0.1, 0.15) is 11.5 Å². The summed E-state index contributed by atoms with van der Waals surface area (Å²) in [4.78, 5) is 27.4. The van der Waals surface area contributed by atoms with E-state index in [0.29, 0.717) is 21.5 Å². The Kier molecular flexibility index (Phi) is 7.53. The van der Waals surface area contributed by atoms with Crippen molar-refractivity contribution in [2.45, 2.75) is 48.0 Å². The van der Waals surface area contributed by atoms with Gasteiger partial charge in [-0.1, -0.05) is 25.4 Å². The number of nitrogens with one attached hydrogen (secondary N) is 1. The topological polar surface area (TPSA) is 106 Å². The molecule has 168 valence electrons. The summed E-state index contributed by atoms with van der Waals surface area (Å²) in [5.74, 6) is 0. The van der Waals surface area contributed by atoms with E-state index in [-0.39, 0.29) is 15.6 Å². The molecule has 0 saturated carbocycles. The molecule has 0 saturated heterocycles. The fourth-order valence-corrected chi connectivity index (χ4v) is 5.00. The maximum atomic E-state index is 12.0. The van der Waals surface area contributed by atoms with Crippen LogP contribution in [0.15, 0.2) is 63.6 Å². The summed E-state index contributed by atoms with van der Waals surface area (Å²) in [5.41, 5.74) is 1.30. The van der Waals surface area contributed by atoms with Gasteiger partial charge in [-0.3, -0.25) is 4.79 Å². The average Bonchev–Trinajstić information content (AvgIpc) is 2.74.